The van der Waals surface area contributed by atoms with Gasteiger partial charge in [0.15, 0.2) is 0 Å². The Morgan fingerprint density at radius 3 is 1.16 bits per heavy atom. The first kappa shape index (κ1) is 65.0. The first-order chi connectivity index (χ1) is 33.5. The first-order valence-electron chi connectivity index (χ1n) is 28.8. The van der Waals surface area contributed by atoms with Crippen LogP contribution in [0.25, 0.3) is 0 Å². The number of carbonyl (C=O) groups excluding carboxylic acids is 2. The van der Waals surface area contributed by atoms with E-state index in [1.807, 2.05) is 0 Å². The van der Waals surface area contributed by atoms with Crippen molar-refractivity contribution in [3.63, 3.8) is 0 Å². The molecule has 0 aromatic rings. The van der Waals surface area contributed by atoms with Crippen LogP contribution >= 0.6 is 0 Å². The summed E-state index contributed by atoms with van der Waals surface area (Å²) < 4.78 is 5.93. The van der Waals surface area contributed by atoms with Crippen molar-refractivity contribution in [2.45, 2.75) is 289 Å². The smallest absolute Gasteiger partial charge is 0.306 e. The van der Waals surface area contributed by atoms with E-state index in [0.717, 1.165) is 96.3 Å². The Hall–Kier alpha value is -2.96. The average molecular weight is 949 g/mol. The molecule has 0 aliphatic carbocycles. The van der Waals surface area contributed by atoms with Gasteiger partial charge in [0.05, 0.1) is 25.2 Å². The molecule has 0 aliphatic rings. The minimum atomic E-state index is -0.809. The number of carbonyl (C=O) groups is 2. The van der Waals surface area contributed by atoms with E-state index in [1.54, 1.807) is 0 Å². The maximum Gasteiger partial charge on any atom is 0.306 e. The molecule has 68 heavy (non-hydrogen) atoms. The van der Waals surface area contributed by atoms with E-state index in [1.165, 1.54) is 128 Å². The van der Waals surface area contributed by atoms with Gasteiger partial charge in [0, 0.05) is 6.42 Å². The number of rotatable bonds is 51. The quantitative estimate of drug-likeness (QED) is 0.0321. The van der Waals surface area contributed by atoms with E-state index in [2.05, 4.69) is 111 Å². The third kappa shape index (κ3) is 49.5. The van der Waals surface area contributed by atoms with Gasteiger partial charge in [-0.15, -0.1) is 0 Å². The minimum absolute atomic E-state index is 0.0354. The predicted octanol–water partition coefficient (Wildman–Crippen LogP) is 17.9. The second-order valence-electron chi connectivity index (χ2n) is 19.3. The van der Waals surface area contributed by atoms with E-state index in [0.29, 0.717) is 19.3 Å². The highest BCUT2D eigenvalue weighted by atomic mass is 16.5. The molecule has 1 amide bonds. The van der Waals surface area contributed by atoms with Gasteiger partial charge >= 0.3 is 5.97 Å². The van der Waals surface area contributed by atoms with Gasteiger partial charge in [-0.2, -0.15) is 0 Å². The molecular formula is C62H109NO5. The molecule has 0 radical (unpaired) electrons. The molecule has 3 N–H and O–H groups in total. The van der Waals surface area contributed by atoms with Crippen molar-refractivity contribution in [3.8, 4) is 0 Å². The minimum Gasteiger partial charge on any atom is -0.462 e. The van der Waals surface area contributed by atoms with E-state index in [9.17, 15) is 19.8 Å². The Labute approximate surface area is 421 Å². The van der Waals surface area contributed by atoms with Crippen LogP contribution in [0.2, 0.25) is 0 Å². The molecule has 0 saturated heterocycles. The fraction of sp³-hybridized carbons (Fsp3) is 0.742. The summed E-state index contributed by atoms with van der Waals surface area (Å²) in [5.41, 5.74) is 0. The predicted molar refractivity (Wildman–Crippen MR) is 296 cm³/mol. The van der Waals surface area contributed by atoms with Gasteiger partial charge in [0.2, 0.25) is 5.91 Å². The normalized spacial score (nSPS) is 13.8. The number of aliphatic hydroxyl groups excluding tert-OH is 2. The van der Waals surface area contributed by atoms with Crippen molar-refractivity contribution in [2.24, 2.45) is 0 Å². The number of hydrogen-bond acceptors (Lipinski definition) is 5. The Balaban J connectivity index is 4.68. The highest BCUT2D eigenvalue weighted by Gasteiger charge is 2.24. The topological polar surface area (TPSA) is 95.9 Å². The van der Waals surface area contributed by atoms with Gasteiger partial charge in [-0.25, -0.2) is 0 Å². The average Bonchev–Trinajstić information content (AvgIpc) is 3.33. The summed E-state index contributed by atoms with van der Waals surface area (Å²) in [5, 5.41) is 23.9. The van der Waals surface area contributed by atoms with Crippen LogP contribution in [0.15, 0.2) is 85.1 Å². The fourth-order valence-corrected chi connectivity index (χ4v) is 8.30. The van der Waals surface area contributed by atoms with Crippen LogP contribution in [-0.4, -0.2) is 46.9 Å². The first-order valence-corrected chi connectivity index (χ1v) is 28.8. The van der Waals surface area contributed by atoms with Gasteiger partial charge in [0.1, 0.15) is 6.10 Å². The zero-order valence-electron chi connectivity index (χ0n) is 44.7. The van der Waals surface area contributed by atoms with Crippen LogP contribution in [0, 0.1) is 0 Å². The van der Waals surface area contributed by atoms with Crippen molar-refractivity contribution >= 4 is 11.9 Å². The molecule has 0 fully saturated rings. The molecule has 392 valence electrons. The molecule has 3 unspecified atom stereocenters. The van der Waals surface area contributed by atoms with Crippen molar-refractivity contribution in [3.05, 3.63) is 85.1 Å². The van der Waals surface area contributed by atoms with Gasteiger partial charge in [-0.3, -0.25) is 9.59 Å². The SMILES string of the molecule is CCCCC/C=C\C/C=C\C/C=C\C/C=C\CCCCCC(=O)OC(CCCC/C=C\C/C=C\C/C=C\CCCCC)CC(=O)NC(CO)C(O)CCCCCCCCCCCCCCCCC. The maximum absolute atomic E-state index is 13.3. The molecule has 0 aromatic heterocycles. The third-order valence-corrected chi connectivity index (χ3v) is 12.7. The number of hydrogen-bond donors (Lipinski definition) is 3. The summed E-state index contributed by atoms with van der Waals surface area (Å²) >= 11 is 0. The Kier molecular flexibility index (Phi) is 52.6. The van der Waals surface area contributed by atoms with Crippen LogP contribution in [0.5, 0.6) is 0 Å². The maximum atomic E-state index is 13.3. The molecule has 6 heteroatoms. The number of nitrogens with one attached hydrogen (secondary N) is 1. The van der Waals surface area contributed by atoms with Crippen LogP contribution < -0.4 is 5.32 Å². The highest BCUT2D eigenvalue weighted by molar-refractivity contribution is 5.77. The Morgan fingerprint density at radius 2 is 0.750 bits per heavy atom. The van der Waals surface area contributed by atoms with Crippen LogP contribution in [-0.2, 0) is 14.3 Å². The number of aliphatic hydroxyl groups is 2. The zero-order chi connectivity index (χ0) is 49.5. The van der Waals surface area contributed by atoms with Gasteiger partial charge in [-0.05, 0) is 109 Å². The number of allylic oxidation sites excluding steroid dienone is 14. The third-order valence-electron chi connectivity index (χ3n) is 12.7. The summed E-state index contributed by atoms with van der Waals surface area (Å²) in [6, 6.07) is -0.726. The van der Waals surface area contributed by atoms with Crippen LogP contribution in [0.4, 0.5) is 0 Å². The molecule has 0 saturated carbocycles. The van der Waals surface area contributed by atoms with Crippen molar-refractivity contribution in [1.82, 2.24) is 5.32 Å². The lowest BCUT2D eigenvalue weighted by Crippen LogP contribution is -2.46. The number of ether oxygens (including phenoxy) is 1. The highest BCUT2D eigenvalue weighted by Crippen LogP contribution is 2.17. The summed E-state index contributed by atoms with van der Waals surface area (Å²) in [6.45, 7) is 6.42. The van der Waals surface area contributed by atoms with E-state index in [4.69, 9.17) is 4.74 Å². The van der Waals surface area contributed by atoms with Crippen molar-refractivity contribution < 1.29 is 24.5 Å². The largest absolute Gasteiger partial charge is 0.462 e. The Morgan fingerprint density at radius 1 is 0.426 bits per heavy atom. The summed E-state index contributed by atoms with van der Waals surface area (Å²) in [6.07, 6.45) is 72.1. The van der Waals surface area contributed by atoms with Gasteiger partial charge in [-0.1, -0.05) is 234 Å². The second kappa shape index (κ2) is 55.0. The lowest BCUT2D eigenvalue weighted by Gasteiger charge is -2.24. The Bertz CT molecular complexity index is 1290. The standard InChI is InChI=1S/C62H109NO5/c1-4-7-10-13-16-19-22-25-28-29-30-31-34-37-40-43-46-49-52-55-62(67)68-58(53-50-47-44-41-38-35-32-26-23-20-17-14-11-8-5-2)56-61(66)63-59(57-64)60(65)54-51-48-45-42-39-36-33-27-24-21-18-15-12-9-6-3/h16-17,19-20,25-26,28,30-32,37-38,40-41,58-60,64-65H,4-15,18,21-24,27,29,33-36,39,42-57H2,1-3H3,(H,63,66)/b19-16-,20-17-,28-25-,31-30-,32-26-,40-37-,41-38-. The second-order valence-corrected chi connectivity index (χ2v) is 19.3. The molecule has 0 heterocycles. The fourth-order valence-electron chi connectivity index (χ4n) is 8.30. The number of esters is 1. The van der Waals surface area contributed by atoms with E-state index in [-0.39, 0.29) is 24.9 Å². The molecule has 0 aliphatic heterocycles. The van der Waals surface area contributed by atoms with Crippen LogP contribution in [0.3, 0.4) is 0 Å². The summed E-state index contributed by atoms with van der Waals surface area (Å²) in [7, 11) is 0. The number of unbranched alkanes of at least 4 members (excludes halogenated alkanes) is 25. The van der Waals surface area contributed by atoms with E-state index >= 15 is 0 Å². The zero-order valence-corrected chi connectivity index (χ0v) is 44.7. The molecule has 0 rings (SSSR count). The lowest BCUT2D eigenvalue weighted by molar-refractivity contribution is -0.151. The summed E-state index contributed by atoms with van der Waals surface area (Å²) in [4.78, 5) is 26.3. The molecule has 3 atom stereocenters. The number of amides is 1. The molecule has 0 aromatic carbocycles. The van der Waals surface area contributed by atoms with Crippen molar-refractivity contribution in [1.29, 1.82) is 0 Å². The molecule has 6 nitrogen and oxygen atoms in total. The molecule has 0 spiro atoms. The monoisotopic (exact) mass is 948 g/mol. The van der Waals surface area contributed by atoms with Crippen molar-refractivity contribution in [2.75, 3.05) is 6.61 Å². The van der Waals surface area contributed by atoms with Gasteiger partial charge in [0.25, 0.3) is 0 Å². The van der Waals surface area contributed by atoms with Gasteiger partial charge < -0.3 is 20.3 Å². The lowest BCUT2D eigenvalue weighted by atomic mass is 10.0. The molecular weight excluding hydrogens is 839 g/mol. The van der Waals surface area contributed by atoms with E-state index < -0.39 is 18.2 Å². The van der Waals surface area contributed by atoms with Crippen LogP contribution in [0.1, 0.15) is 271 Å². The molecule has 0 bridgehead atoms. The summed E-state index contributed by atoms with van der Waals surface area (Å²) in [5.74, 6) is -0.547.